The van der Waals surface area contributed by atoms with Crippen LogP contribution in [-0.4, -0.2) is 20.8 Å². The van der Waals surface area contributed by atoms with E-state index < -0.39 is 11.5 Å². The third-order valence-electron chi connectivity index (χ3n) is 3.74. The molecule has 1 aromatic carbocycles. The van der Waals surface area contributed by atoms with E-state index >= 15 is 0 Å². The molecule has 2 unspecified atom stereocenters. The molecule has 2 aromatic rings. The number of aliphatic hydroxyl groups excluding tert-OH is 1. The van der Waals surface area contributed by atoms with Crippen molar-refractivity contribution in [1.82, 2.24) is 9.55 Å². The van der Waals surface area contributed by atoms with Gasteiger partial charge in [-0.2, -0.15) is 5.26 Å². The van der Waals surface area contributed by atoms with Crippen LogP contribution in [-0.2, 0) is 6.42 Å². The fourth-order valence-electron chi connectivity index (χ4n) is 2.31. The minimum atomic E-state index is -0.895. The lowest BCUT2D eigenvalue weighted by Gasteiger charge is -2.32. The molecule has 6 heteroatoms. The van der Waals surface area contributed by atoms with E-state index in [4.69, 9.17) is 23.2 Å². The first-order valence-corrected chi connectivity index (χ1v) is 7.61. The van der Waals surface area contributed by atoms with Gasteiger partial charge in [-0.15, -0.1) is 0 Å². The van der Waals surface area contributed by atoms with Crippen LogP contribution in [0.15, 0.2) is 36.9 Å². The van der Waals surface area contributed by atoms with Crippen LogP contribution >= 0.6 is 23.2 Å². The minimum absolute atomic E-state index is 0.351. The molecule has 0 aliphatic rings. The predicted octanol–water partition coefficient (Wildman–Crippen LogP) is 3.88. The molecule has 0 aliphatic heterocycles. The highest BCUT2D eigenvalue weighted by atomic mass is 35.5. The van der Waals surface area contributed by atoms with Crippen LogP contribution in [0.1, 0.15) is 25.5 Å². The summed E-state index contributed by atoms with van der Waals surface area (Å²) in [4.78, 5) is 4.03. The molecule has 0 bridgehead atoms. The number of hydrogen-bond acceptors (Lipinski definition) is 3. The van der Waals surface area contributed by atoms with E-state index in [1.807, 2.05) is 6.07 Å². The second kappa shape index (κ2) is 6.70. The van der Waals surface area contributed by atoms with Gasteiger partial charge in [0, 0.05) is 22.4 Å². The van der Waals surface area contributed by atoms with Gasteiger partial charge in [0.25, 0.3) is 0 Å². The standard InChI is InChI=1S/C16H17Cl2N3O/c1-16(2,9-19)15(22)14(21-6-5-20-10-21)7-11-3-4-12(17)8-13(11)18/h3-6,8,10,14-15,22H,7H2,1-2H3. The Kier molecular flexibility index (Phi) is 5.12. The molecule has 0 saturated heterocycles. The summed E-state index contributed by atoms with van der Waals surface area (Å²) in [5, 5.41) is 21.1. The molecule has 0 radical (unpaired) electrons. The Balaban J connectivity index is 2.36. The molecule has 1 heterocycles. The first kappa shape index (κ1) is 16.8. The Bertz CT molecular complexity index is 677. The van der Waals surface area contributed by atoms with E-state index in [-0.39, 0.29) is 6.04 Å². The number of aliphatic hydroxyl groups is 1. The molecule has 2 rings (SSSR count). The van der Waals surface area contributed by atoms with Gasteiger partial charge in [-0.1, -0.05) is 29.3 Å². The maximum Gasteiger partial charge on any atom is 0.0949 e. The molecule has 116 valence electrons. The lowest BCUT2D eigenvalue weighted by atomic mass is 9.82. The Morgan fingerprint density at radius 2 is 2.14 bits per heavy atom. The molecule has 22 heavy (non-hydrogen) atoms. The number of benzene rings is 1. The first-order chi connectivity index (χ1) is 10.3. The van der Waals surface area contributed by atoms with Crippen molar-refractivity contribution < 1.29 is 5.11 Å². The Hall–Kier alpha value is -1.54. The maximum atomic E-state index is 10.7. The van der Waals surface area contributed by atoms with Crippen molar-refractivity contribution in [1.29, 1.82) is 5.26 Å². The maximum absolute atomic E-state index is 10.7. The van der Waals surface area contributed by atoms with Crippen LogP contribution in [0.5, 0.6) is 0 Å². The summed E-state index contributed by atoms with van der Waals surface area (Å²) in [7, 11) is 0. The van der Waals surface area contributed by atoms with Crippen molar-refractivity contribution in [2.45, 2.75) is 32.4 Å². The fraction of sp³-hybridized carbons (Fsp3) is 0.375. The quantitative estimate of drug-likeness (QED) is 0.900. The highest BCUT2D eigenvalue weighted by Gasteiger charge is 2.35. The van der Waals surface area contributed by atoms with Crippen LogP contribution in [0.25, 0.3) is 0 Å². The molecule has 0 fully saturated rings. The molecule has 0 aliphatic carbocycles. The number of halogens is 2. The number of hydrogen-bond donors (Lipinski definition) is 1. The summed E-state index contributed by atoms with van der Waals surface area (Å²) < 4.78 is 1.80. The summed E-state index contributed by atoms with van der Waals surface area (Å²) in [5.74, 6) is 0. The number of rotatable bonds is 5. The summed E-state index contributed by atoms with van der Waals surface area (Å²) in [6, 6.07) is 7.07. The van der Waals surface area contributed by atoms with Crippen molar-refractivity contribution >= 4 is 23.2 Å². The summed E-state index contributed by atoms with van der Waals surface area (Å²) >= 11 is 12.2. The topological polar surface area (TPSA) is 61.8 Å². The van der Waals surface area contributed by atoms with Crippen LogP contribution in [0.2, 0.25) is 10.0 Å². The highest BCUT2D eigenvalue weighted by molar-refractivity contribution is 6.35. The van der Waals surface area contributed by atoms with Gasteiger partial charge < -0.3 is 9.67 Å². The predicted molar refractivity (Wildman–Crippen MR) is 86.8 cm³/mol. The molecular formula is C16H17Cl2N3O. The molecule has 2 atom stereocenters. The lowest BCUT2D eigenvalue weighted by Crippen LogP contribution is -2.37. The molecule has 1 N–H and O–H groups in total. The molecular weight excluding hydrogens is 321 g/mol. The minimum Gasteiger partial charge on any atom is -0.389 e. The number of nitriles is 1. The zero-order valence-corrected chi connectivity index (χ0v) is 13.9. The van der Waals surface area contributed by atoms with Gasteiger partial charge >= 0.3 is 0 Å². The van der Waals surface area contributed by atoms with E-state index in [0.29, 0.717) is 16.5 Å². The third kappa shape index (κ3) is 3.61. The molecule has 1 aromatic heterocycles. The molecule has 0 saturated carbocycles. The lowest BCUT2D eigenvalue weighted by molar-refractivity contribution is 0.0362. The largest absolute Gasteiger partial charge is 0.389 e. The van der Waals surface area contributed by atoms with Crippen LogP contribution in [0.4, 0.5) is 0 Å². The average Bonchev–Trinajstić information content (AvgIpc) is 3.00. The zero-order chi connectivity index (χ0) is 16.3. The van der Waals surface area contributed by atoms with Gasteiger partial charge in [0.15, 0.2) is 0 Å². The van der Waals surface area contributed by atoms with E-state index in [2.05, 4.69) is 11.1 Å². The summed E-state index contributed by atoms with van der Waals surface area (Å²) in [6.45, 7) is 3.43. The van der Waals surface area contributed by atoms with Gasteiger partial charge in [-0.25, -0.2) is 4.98 Å². The number of imidazole rings is 1. The van der Waals surface area contributed by atoms with Crippen molar-refractivity contribution in [2.75, 3.05) is 0 Å². The van der Waals surface area contributed by atoms with E-state index in [0.717, 1.165) is 5.56 Å². The van der Waals surface area contributed by atoms with Crippen LogP contribution in [0.3, 0.4) is 0 Å². The second-order valence-corrected chi connectivity index (χ2v) is 6.64. The van der Waals surface area contributed by atoms with Crippen molar-refractivity contribution in [2.24, 2.45) is 5.41 Å². The Morgan fingerprint density at radius 3 is 2.68 bits per heavy atom. The van der Waals surface area contributed by atoms with Gasteiger partial charge in [0.1, 0.15) is 0 Å². The van der Waals surface area contributed by atoms with Crippen molar-refractivity contribution in [3.8, 4) is 6.07 Å². The summed E-state index contributed by atoms with van der Waals surface area (Å²) in [5.41, 5.74) is -0.0362. The number of nitrogens with zero attached hydrogens (tertiary/aromatic N) is 3. The van der Waals surface area contributed by atoms with Gasteiger partial charge in [0.2, 0.25) is 0 Å². The Morgan fingerprint density at radius 1 is 1.41 bits per heavy atom. The van der Waals surface area contributed by atoms with Crippen molar-refractivity contribution in [3.05, 3.63) is 52.5 Å². The zero-order valence-electron chi connectivity index (χ0n) is 12.4. The fourth-order valence-corrected chi connectivity index (χ4v) is 2.79. The Labute approximate surface area is 139 Å². The molecule has 0 spiro atoms. The van der Waals surface area contributed by atoms with Gasteiger partial charge in [-0.05, 0) is 38.0 Å². The smallest absolute Gasteiger partial charge is 0.0949 e. The van der Waals surface area contributed by atoms with E-state index in [1.165, 1.54) is 0 Å². The van der Waals surface area contributed by atoms with Crippen LogP contribution in [0, 0.1) is 16.7 Å². The SMILES string of the molecule is CC(C)(C#N)C(O)C(Cc1ccc(Cl)cc1Cl)n1ccnc1. The van der Waals surface area contributed by atoms with Gasteiger partial charge in [-0.3, -0.25) is 0 Å². The normalized spacial score (nSPS) is 14.4. The highest BCUT2D eigenvalue weighted by Crippen LogP contribution is 2.33. The van der Waals surface area contributed by atoms with E-state index in [1.54, 1.807) is 49.3 Å². The summed E-state index contributed by atoms with van der Waals surface area (Å²) in [6.07, 6.45) is 4.63. The van der Waals surface area contributed by atoms with Crippen LogP contribution < -0.4 is 0 Å². The first-order valence-electron chi connectivity index (χ1n) is 6.86. The molecule has 0 amide bonds. The van der Waals surface area contributed by atoms with E-state index in [9.17, 15) is 10.4 Å². The second-order valence-electron chi connectivity index (χ2n) is 5.80. The third-order valence-corrected chi connectivity index (χ3v) is 4.33. The molecule has 4 nitrogen and oxygen atoms in total. The van der Waals surface area contributed by atoms with Crippen molar-refractivity contribution in [3.63, 3.8) is 0 Å². The monoisotopic (exact) mass is 337 g/mol. The van der Waals surface area contributed by atoms with Gasteiger partial charge in [0.05, 0.1) is 30.0 Å². The average molecular weight is 338 g/mol. The number of aromatic nitrogens is 2.